The van der Waals surface area contributed by atoms with Crippen molar-refractivity contribution in [2.24, 2.45) is 0 Å². The van der Waals surface area contributed by atoms with Crippen LogP contribution in [0, 0.1) is 6.92 Å². The molecule has 20 heavy (non-hydrogen) atoms. The summed E-state index contributed by atoms with van der Waals surface area (Å²) >= 11 is 6.06. The molecule has 1 aliphatic carbocycles. The zero-order valence-corrected chi connectivity index (χ0v) is 12.0. The normalized spacial score (nSPS) is 14.1. The molecule has 3 rings (SSSR count). The van der Waals surface area contributed by atoms with Crippen molar-refractivity contribution < 1.29 is 9.53 Å². The molecule has 0 radical (unpaired) electrons. The lowest BCUT2D eigenvalue weighted by Crippen LogP contribution is -2.02. The standard InChI is InChI=1S/C17H15ClO2/c1-11-2-3-13(10-16(11)18)17(19)12-4-6-14(7-5-12)20-15-8-9-15/h2-7,10,15H,8-9H2,1H3. The van der Waals surface area contributed by atoms with Crippen LogP contribution < -0.4 is 4.74 Å². The van der Waals surface area contributed by atoms with E-state index in [9.17, 15) is 4.79 Å². The highest BCUT2D eigenvalue weighted by Gasteiger charge is 2.23. The monoisotopic (exact) mass is 286 g/mol. The summed E-state index contributed by atoms with van der Waals surface area (Å²) < 4.78 is 5.67. The van der Waals surface area contributed by atoms with E-state index in [0.29, 0.717) is 22.3 Å². The highest BCUT2D eigenvalue weighted by Crippen LogP contribution is 2.27. The van der Waals surface area contributed by atoms with Crippen LogP contribution in [0.5, 0.6) is 5.75 Å². The smallest absolute Gasteiger partial charge is 0.193 e. The van der Waals surface area contributed by atoms with Crippen molar-refractivity contribution in [2.45, 2.75) is 25.9 Å². The molecule has 0 atom stereocenters. The Hall–Kier alpha value is -1.80. The summed E-state index contributed by atoms with van der Waals surface area (Å²) in [6, 6.07) is 12.7. The minimum atomic E-state index is -0.0233. The van der Waals surface area contributed by atoms with E-state index in [0.717, 1.165) is 24.2 Å². The second-order valence-corrected chi connectivity index (χ2v) is 5.54. The van der Waals surface area contributed by atoms with Gasteiger partial charge in [0.05, 0.1) is 6.10 Å². The molecule has 0 spiro atoms. The number of aryl methyl sites for hydroxylation is 1. The second-order valence-electron chi connectivity index (χ2n) is 5.13. The molecule has 1 saturated carbocycles. The molecule has 0 bridgehead atoms. The van der Waals surface area contributed by atoms with Crippen molar-refractivity contribution >= 4 is 17.4 Å². The van der Waals surface area contributed by atoms with Crippen molar-refractivity contribution in [1.82, 2.24) is 0 Å². The molecular formula is C17H15ClO2. The topological polar surface area (TPSA) is 26.3 Å². The summed E-state index contributed by atoms with van der Waals surface area (Å²) in [5.41, 5.74) is 2.22. The van der Waals surface area contributed by atoms with Gasteiger partial charge >= 0.3 is 0 Å². The van der Waals surface area contributed by atoms with E-state index in [1.165, 1.54) is 0 Å². The molecule has 102 valence electrons. The number of benzene rings is 2. The predicted octanol–water partition coefficient (Wildman–Crippen LogP) is 4.42. The largest absolute Gasteiger partial charge is 0.490 e. The van der Waals surface area contributed by atoms with Gasteiger partial charge in [0.2, 0.25) is 0 Å². The number of ether oxygens (including phenoxy) is 1. The van der Waals surface area contributed by atoms with Gasteiger partial charge in [0.25, 0.3) is 0 Å². The van der Waals surface area contributed by atoms with E-state index < -0.39 is 0 Å². The molecule has 0 amide bonds. The molecule has 1 fully saturated rings. The maximum Gasteiger partial charge on any atom is 0.193 e. The Morgan fingerprint density at radius 1 is 1.10 bits per heavy atom. The van der Waals surface area contributed by atoms with Crippen LogP contribution in [0.2, 0.25) is 5.02 Å². The van der Waals surface area contributed by atoms with Gasteiger partial charge < -0.3 is 4.74 Å². The predicted molar refractivity (Wildman–Crippen MR) is 79.7 cm³/mol. The number of hydrogen-bond acceptors (Lipinski definition) is 2. The minimum Gasteiger partial charge on any atom is -0.490 e. The zero-order chi connectivity index (χ0) is 14.1. The van der Waals surface area contributed by atoms with Crippen molar-refractivity contribution in [2.75, 3.05) is 0 Å². The number of carbonyl (C=O) groups excluding carboxylic acids is 1. The Kier molecular flexibility index (Phi) is 3.49. The van der Waals surface area contributed by atoms with Crippen molar-refractivity contribution in [1.29, 1.82) is 0 Å². The summed E-state index contributed by atoms with van der Waals surface area (Å²) in [7, 11) is 0. The van der Waals surface area contributed by atoms with Crippen LogP contribution in [0.3, 0.4) is 0 Å². The fourth-order valence-corrected chi connectivity index (χ4v) is 2.14. The Labute approximate surface area is 123 Å². The number of rotatable bonds is 4. The van der Waals surface area contributed by atoms with Gasteiger partial charge in [-0.25, -0.2) is 0 Å². The molecule has 2 nitrogen and oxygen atoms in total. The maximum atomic E-state index is 12.4. The van der Waals surface area contributed by atoms with Crippen LogP contribution in [-0.2, 0) is 0 Å². The third kappa shape index (κ3) is 2.86. The fraction of sp³-hybridized carbons (Fsp3) is 0.235. The minimum absolute atomic E-state index is 0.0233. The Morgan fingerprint density at radius 3 is 2.35 bits per heavy atom. The summed E-state index contributed by atoms with van der Waals surface area (Å²) in [5, 5.41) is 0.615. The van der Waals surface area contributed by atoms with Crippen molar-refractivity contribution in [3.05, 3.63) is 64.2 Å². The SMILES string of the molecule is Cc1ccc(C(=O)c2ccc(OC3CC3)cc2)cc1Cl. The second kappa shape index (κ2) is 5.29. The maximum absolute atomic E-state index is 12.4. The van der Waals surface area contributed by atoms with E-state index in [1.807, 2.05) is 25.1 Å². The van der Waals surface area contributed by atoms with Crippen LogP contribution in [0.4, 0.5) is 0 Å². The lowest BCUT2D eigenvalue weighted by atomic mass is 10.0. The Bertz CT molecular complexity index is 643. The van der Waals surface area contributed by atoms with Gasteiger partial charge in [-0.2, -0.15) is 0 Å². The molecule has 0 heterocycles. The fourth-order valence-electron chi connectivity index (χ4n) is 1.96. The Morgan fingerprint density at radius 2 is 1.75 bits per heavy atom. The molecule has 3 heteroatoms. The van der Waals surface area contributed by atoms with E-state index in [2.05, 4.69) is 0 Å². The zero-order valence-electron chi connectivity index (χ0n) is 11.2. The lowest BCUT2D eigenvalue weighted by molar-refractivity contribution is 0.103. The quantitative estimate of drug-likeness (QED) is 0.778. The number of ketones is 1. The first-order valence-electron chi connectivity index (χ1n) is 6.71. The first kappa shape index (κ1) is 13.2. The summed E-state index contributed by atoms with van der Waals surface area (Å²) in [6.07, 6.45) is 2.62. The van der Waals surface area contributed by atoms with Gasteiger partial charge in [0.1, 0.15) is 5.75 Å². The van der Waals surface area contributed by atoms with Gasteiger partial charge in [-0.3, -0.25) is 4.79 Å². The first-order valence-corrected chi connectivity index (χ1v) is 7.09. The van der Waals surface area contributed by atoms with Crippen LogP contribution in [0.25, 0.3) is 0 Å². The van der Waals surface area contributed by atoms with E-state index >= 15 is 0 Å². The van der Waals surface area contributed by atoms with Crippen LogP contribution in [-0.4, -0.2) is 11.9 Å². The molecular weight excluding hydrogens is 272 g/mol. The van der Waals surface area contributed by atoms with Crippen LogP contribution in [0.1, 0.15) is 34.3 Å². The highest BCUT2D eigenvalue weighted by molar-refractivity contribution is 6.31. The van der Waals surface area contributed by atoms with E-state index in [-0.39, 0.29) is 5.78 Å². The molecule has 0 aliphatic heterocycles. The molecule has 0 N–H and O–H groups in total. The molecule has 0 saturated heterocycles. The van der Waals surface area contributed by atoms with Gasteiger partial charge in [-0.15, -0.1) is 0 Å². The average Bonchev–Trinajstić information content (AvgIpc) is 3.26. The first-order chi connectivity index (χ1) is 9.63. The van der Waals surface area contributed by atoms with Gasteiger partial charge in [0.15, 0.2) is 5.78 Å². The molecule has 2 aromatic rings. The number of carbonyl (C=O) groups is 1. The number of halogens is 1. The molecule has 0 unspecified atom stereocenters. The number of hydrogen-bond donors (Lipinski definition) is 0. The average molecular weight is 287 g/mol. The third-order valence-corrected chi connectivity index (χ3v) is 3.78. The van der Waals surface area contributed by atoms with Crippen molar-refractivity contribution in [3.63, 3.8) is 0 Å². The Balaban J connectivity index is 1.80. The van der Waals surface area contributed by atoms with Crippen molar-refractivity contribution in [3.8, 4) is 5.75 Å². The van der Waals surface area contributed by atoms with Gasteiger partial charge in [-0.1, -0.05) is 23.7 Å². The lowest BCUT2D eigenvalue weighted by Gasteiger charge is -2.06. The highest BCUT2D eigenvalue weighted by atomic mass is 35.5. The van der Waals surface area contributed by atoms with Gasteiger partial charge in [0, 0.05) is 16.1 Å². The van der Waals surface area contributed by atoms with E-state index in [1.54, 1.807) is 24.3 Å². The summed E-state index contributed by atoms with van der Waals surface area (Å²) in [6.45, 7) is 1.92. The molecule has 2 aromatic carbocycles. The van der Waals surface area contributed by atoms with Gasteiger partial charge in [-0.05, 0) is 55.7 Å². The molecule has 0 aromatic heterocycles. The summed E-state index contributed by atoms with van der Waals surface area (Å²) in [4.78, 5) is 12.4. The van der Waals surface area contributed by atoms with E-state index in [4.69, 9.17) is 16.3 Å². The summed E-state index contributed by atoms with van der Waals surface area (Å²) in [5.74, 6) is 0.802. The van der Waals surface area contributed by atoms with Crippen LogP contribution in [0.15, 0.2) is 42.5 Å². The van der Waals surface area contributed by atoms with Crippen LogP contribution >= 0.6 is 11.6 Å². The third-order valence-electron chi connectivity index (χ3n) is 3.38. The molecule has 1 aliphatic rings.